The lowest BCUT2D eigenvalue weighted by Gasteiger charge is -2.28. The van der Waals surface area contributed by atoms with Crippen LogP contribution in [0.1, 0.15) is 12.0 Å². The van der Waals surface area contributed by atoms with Crippen LogP contribution in [0.4, 0.5) is 4.39 Å². The van der Waals surface area contributed by atoms with Crippen molar-refractivity contribution in [2.45, 2.75) is 19.0 Å². The predicted octanol–water partition coefficient (Wildman–Crippen LogP) is 2.42. The molecule has 0 aromatic heterocycles. The fourth-order valence-corrected chi connectivity index (χ4v) is 4.75. The zero-order chi connectivity index (χ0) is 18.6. The molecule has 1 aliphatic rings. The van der Waals surface area contributed by atoms with E-state index in [1.807, 2.05) is 6.07 Å². The van der Waals surface area contributed by atoms with Gasteiger partial charge in [-0.15, -0.1) is 0 Å². The number of benzene rings is 2. The molecule has 1 saturated heterocycles. The lowest BCUT2D eigenvalue weighted by atomic mass is 10.1. The van der Waals surface area contributed by atoms with Gasteiger partial charge in [0.2, 0.25) is 0 Å². The second kappa shape index (κ2) is 7.86. The Kier molecular flexibility index (Phi) is 5.56. The lowest BCUT2D eigenvalue weighted by Crippen LogP contribution is -2.43. The molecular weight excluding hydrogens is 357 g/mol. The van der Waals surface area contributed by atoms with Crippen LogP contribution in [0.2, 0.25) is 0 Å². The monoisotopic (exact) mass is 377 g/mol. The maximum absolute atomic E-state index is 13.5. The van der Waals surface area contributed by atoms with Gasteiger partial charge in [-0.3, -0.25) is 4.79 Å². The highest BCUT2D eigenvalue weighted by Gasteiger charge is 2.34. The van der Waals surface area contributed by atoms with Crippen molar-refractivity contribution in [1.82, 2.24) is 4.90 Å². The van der Waals surface area contributed by atoms with Crippen LogP contribution in [0.25, 0.3) is 0 Å². The number of halogens is 1. The molecule has 3 rings (SSSR count). The standard InChI is InChI=1S/C19H20FNO4S/c20-16-6-4-5-15(11-16)12-21(17-9-10-26(23,24)14-17)19(22)13-25-18-7-2-1-3-8-18/h1-8,11,17H,9-10,12-14H2/t17-/m1/s1. The summed E-state index contributed by atoms with van der Waals surface area (Å²) in [6.45, 7) is -0.0508. The minimum absolute atomic E-state index is 0.0597. The molecule has 1 heterocycles. The van der Waals surface area contributed by atoms with Crippen LogP contribution in [-0.4, -0.2) is 43.4 Å². The highest BCUT2D eigenvalue weighted by atomic mass is 32.2. The van der Waals surface area contributed by atoms with E-state index in [1.54, 1.807) is 36.4 Å². The van der Waals surface area contributed by atoms with E-state index in [0.29, 0.717) is 17.7 Å². The number of rotatable bonds is 6. The van der Waals surface area contributed by atoms with E-state index < -0.39 is 21.7 Å². The van der Waals surface area contributed by atoms with E-state index >= 15 is 0 Å². The van der Waals surface area contributed by atoms with Gasteiger partial charge in [0.25, 0.3) is 5.91 Å². The van der Waals surface area contributed by atoms with Crippen LogP contribution < -0.4 is 4.74 Å². The van der Waals surface area contributed by atoms with Crippen molar-refractivity contribution in [3.63, 3.8) is 0 Å². The quantitative estimate of drug-likeness (QED) is 0.776. The number of carbonyl (C=O) groups is 1. The zero-order valence-electron chi connectivity index (χ0n) is 14.2. The average Bonchev–Trinajstić information content (AvgIpc) is 2.98. The Balaban J connectivity index is 1.74. The molecule has 0 spiro atoms. The Morgan fingerprint density at radius 2 is 1.92 bits per heavy atom. The fourth-order valence-electron chi connectivity index (χ4n) is 3.02. The summed E-state index contributed by atoms with van der Waals surface area (Å²) in [4.78, 5) is 14.2. The molecule has 1 amide bonds. The summed E-state index contributed by atoms with van der Waals surface area (Å²) in [5.74, 6) is -0.163. The van der Waals surface area contributed by atoms with Crippen LogP contribution >= 0.6 is 0 Å². The van der Waals surface area contributed by atoms with E-state index in [2.05, 4.69) is 0 Å². The van der Waals surface area contributed by atoms with Crippen molar-refractivity contribution in [2.24, 2.45) is 0 Å². The smallest absolute Gasteiger partial charge is 0.261 e. The number of nitrogens with zero attached hydrogens (tertiary/aromatic N) is 1. The van der Waals surface area contributed by atoms with Gasteiger partial charge >= 0.3 is 0 Å². The summed E-state index contributed by atoms with van der Waals surface area (Å²) in [6, 6.07) is 14.5. The summed E-state index contributed by atoms with van der Waals surface area (Å²) in [5.41, 5.74) is 0.613. The predicted molar refractivity (Wildman–Crippen MR) is 95.9 cm³/mol. The second-order valence-corrected chi connectivity index (χ2v) is 8.54. The van der Waals surface area contributed by atoms with Gasteiger partial charge in [0.05, 0.1) is 11.5 Å². The van der Waals surface area contributed by atoms with Crippen molar-refractivity contribution < 1.29 is 22.3 Å². The van der Waals surface area contributed by atoms with E-state index in [0.717, 1.165) is 0 Å². The molecule has 138 valence electrons. The van der Waals surface area contributed by atoms with Gasteiger partial charge in [-0.25, -0.2) is 12.8 Å². The highest BCUT2D eigenvalue weighted by Crippen LogP contribution is 2.21. The third-order valence-corrected chi connectivity index (χ3v) is 6.07. The number of carbonyl (C=O) groups excluding carboxylic acids is 1. The number of ether oxygens (including phenoxy) is 1. The molecule has 0 radical (unpaired) electrons. The lowest BCUT2D eigenvalue weighted by molar-refractivity contribution is -0.136. The molecule has 0 N–H and O–H groups in total. The van der Waals surface area contributed by atoms with E-state index in [9.17, 15) is 17.6 Å². The summed E-state index contributed by atoms with van der Waals surface area (Å²) < 4.78 is 42.6. The molecule has 0 saturated carbocycles. The Hall–Kier alpha value is -2.41. The van der Waals surface area contributed by atoms with E-state index in [1.165, 1.54) is 17.0 Å². The number of amides is 1. The molecule has 2 aromatic carbocycles. The van der Waals surface area contributed by atoms with Crippen molar-refractivity contribution in [3.05, 3.63) is 66.0 Å². The van der Waals surface area contributed by atoms with Gasteiger partial charge in [0, 0.05) is 12.6 Å². The van der Waals surface area contributed by atoms with Crippen LogP contribution in [0.3, 0.4) is 0 Å². The highest BCUT2D eigenvalue weighted by molar-refractivity contribution is 7.91. The van der Waals surface area contributed by atoms with Gasteiger partial charge in [0.15, 0.2) is 16.4 Å². The first-order valence-electron chi connectivity index (χ1n) is 8.35. The molecule has 1 aliphatic heterocycles. The Morgan fingerprint density at radius 1 is 1.15 bits per heavy atom. The van der Waals surface area contributed by atoms with Gasteiger partial charge < -0.3 is 9.64 Å². The Bertz CT molecular complexity index is 870. The Labute approximate surface area is 152 Å². The molecule has 2 aromatic rings. The minimum Gasteiger partial charge on any atom is -0.484 e. The molecule has 0 bridgehead atoms. The topological polar surface area (TPSA) is 63.7 Å². The SMILES string of the molecule is O=C(COc1ccccc1)N(Cc1cccc(F)c1)[C@@H]1CCS(=O)(=O)C1. The van der Waals surface area contributed by atoms with Crippen molar-refractivity contribution in [2.75, 3.05) is 18.1 Å². The zero-order valence-corrected chi connectivity index (χ0v) is 15.0. The first-order chi connectivity index (χ1) is 12.4. The Morgan fingerprint density at radius 3 is 2.58 bits per heavy atom. The summed E-state index contributed by atoms with van der Waals surface area (Å²) in [6.07, 6.45) is 0.384. The summed E-state index contributed by atoms with van der Waals surface area (Å²) in [7, 11) is -3.15. The molecular formula is C19H20FNO4S. The van der Waals surface area contributed by atoms with Gasteiger partial charge in [-0.05, 0) is 36.2 Å². The van der Waals surface area contributed by atoms with Gasteiger partial charge in [-0.2, -0.15) is 0 Å². The fraction of sp³-hybridized carbons (Fsp3) is 0.316. The molecule has 26 heavy (non-hydrogen) atoms. The summed E-state index contributed by atoms with van der Waals surface area (Å²) in [5, 5.41) is 0. The number of para-hydroxylation sites is 1. The first kappa shape index (κ1) is 18.4. The minimum atomic E-state index is -3.15. The maximum atomic E-state index is 13.5. The van der Waals surface area contributed by atoms with E-state index in [4.69, 9.17) is 4.74 Å². The van der Waals surface area contributed by atoms with Crippen molar-refractivity contribution in [1.29, 1.82) is 0 Å². The second-order valence-electron chi connectivity index (χ2n) is 6.31. The van der Waals surface area contributed by atoms with E-state index in [-0.39, 0.29) is 30.6 Å². The third-order valence-electron chi connectivity index (χ3n) is 4.32. The molecule has 7 heteroatoms. The number of sulfone groups is 1. The molecule has 5 nitrogen and oxygen atoms in total. The maximum Gasteiger partial charge on any atom is 0.261 e. The number of hydrogen-bond acceptors (Lipinski definition) is 4. The largest absolute Gasteiger partial charge is 0.484 e. The first-order valence-corrected chi connectivity index (χ1v) is 10.2. The van der Waals surface area contributed by atoms with Gasteiger partial charge in [0.1, 0.15) is 11.6 Å². The van der Waals surface area contributed by atoms with Crippen LogP contribution in [-0.2, 0) is 21.2 Å². The molecule has 0 unspecified atom stereocenters. The van der Waals surface area contributed by atoms with Crippen LogP contribution in [0.15, 0.2) is 54.6 Å². The average molecular weight is 377 g/mol. The van der Waals surface area contributed by atoms with Crippen LogP contribution in [0.5, 0.6) is 5.75 Å². The van der Waals surface area contributed by atoms with Gasteiger partial charge in [-0.1, -0.05) is 30.3 Å². The third kappa shape index (κ3) is 4.82. The van der Waals surface area contributed by atoms with Crippen LogP contribution in [0, 0.1) is 5.82 Å². The molecule has 1 atom stereocenters. The summed E-state index contributed by atoms with van der Waals surface area (Å²) >= 11 is 0. The molecule has 1 fully saturated rings. The molecule has 0 aliphatic carbocycles. The van der Waals surface area contributed by atoms with Crippen molar-refractivity contribution in [3.8, 4) is 5.75 Å². The normalized spacial score (nSPS) is 18.4. The number of hydrogen-bond donors (Lipinski definition) is 0. The van der Waals surface area contributed by atoms with Crippen molar-refractivity contribution >= 4 is 15.7 Å².